The van der Waals surface area contributed by atoms with E-state index < -0.39 is 11.7 Å². The molecule has 0 bridgehead atoms. The first-order valence-corrected chi connectivity index (χ1v) is 6.88. The Morgan fingerprint density at radius 1 is 1.40 bits per heavy atom. The predicted octanol–water partition coefficient (Wildman–Crippen LogP) is 2.81. The van der Waals surface area contributed by atoms with Gasteiger partial charge >= 0.3 is 6.09 Å². The van der Waals surface area contributed by atoms with Crippen LogP contribution in [-0.2, 0) is 4.74 Å². The second kappa shape index (κ2) is 7.07. The maximum absolute atomic E-state index is 11.9. The van der Waals surface area contributed by atoms with Crippen LogP contribution in [-0.4, -0.2) is 21.7 Å². The minimum Gasteiger partial charge on any atom is -0.444 e. The van der Waals surface area contributed by atoms with Crippen molar-refractivity contribution in [3.8, 4) is 0 Å². The zero-order valence-corrected chi connectivity index (χ0v) is 12.6. The first-order valence-electron chi connectivity index (χ1n) is 6.88. The van der Waals surface area contributed by atoms with Crippen LogP contribution < -0.4 is 11.1 Å². The molecule has 0 spiro atoms. The number of carbonyl (C=O) groups excluding carboxylic acids is 1. The third-order valence-corrected chi connectivity index (χ3v) is 2.59. The number of hydrogen-bond acceptors (Lipinski definition) is 5. The number of nitrogens with two attached hydrogens (primary N) is 1. The van der Waals surface area contributed by atoms with Crippen LogP contribution >= 0.6 is 0 Å². The van der Waals surface area contributed by atoms with Gasteiger partial charge in [-0.3, -0.25) is 4.98 Å². The topological polar surface area (TPSA) is 90.1 Å². The third-order valence-electron chi connectivity index (χ3n) is 2.59. The van der Waals surface area contributed by atoms with E-state index in [0.717, 1.165) is 19.3 Å². The largest absolute Gasteiger partial charge is 0.444 e. The summed E-state index contributed by atoms with van der Waals surface area (Å²) in [7, 11) is 0. The van der Waals surface area contributed by atoms with Crippen molar-refractivity contribution in [2.45, 2.75) is 58.6 Å². The number of aromatic nitrogens is 2. The normalized spacial score (nSPS) is 12.8. The molecular formula is C14H24N4O2. The van der Waals surface area contributed by atoms with Gasteiger partial charge in [0.25, 0.3) is 0 Å². The molecule has 0 saturated carbocycles. The molecular weight excluding hydrogens is 256 g/mol. The van der Waals surface area contributed by atoms with Gasteiger partial charge in [-0.25, -0.2) is 9.78 Å². The number of alkyl carbamates (subject to hydrolysis) is 1. The molecule has 1 heterocycles. The Kier molecular flexibility index (Phi) is 5.73. The van der Waals surface area contributed by atoms with Crippen molar-refractivity contribution in [1.29, 1.82) is 0 Å². The first kappa shape index (κ1) is 16.2. The Labute approximate surface area is 120 Å². The van der Waals surface area contributed by atoms with Gasteiger partial charge in [0, 0.05) is 0 Å². The third kappa shape index (κ3) is 5.86. The van der Waals surface area contributed by atoms with Crippen molar-refractivity contribution < 1.29 is 9.53 Å². The fraction of sp³-hybridized carbons (Fsp3) is 0.643. The summed E-state index contributed by atoms with van der Waals surface area (Å²) in [4.78, 5) is 20.1. The molecule has 1 amide bonds. The number of amides is 1. The van der Waals surface area contributed by atoms with Crippen LogP contribution in [0.4, 0.5) is 10.6 Å². The summed E-state index contributed by atoms with van der Waals surface area (Å²) in [5.74, 6) is 0.361. The van der Waals surface area contributed by atoms with Crippen molar-refractivity contribution in [2.75, 3.05) is 5.73 Å². The van der Waals surface area contributed by atoms with E-state index in [-0.39, 0.29) is 6.04 Å². The van der Waals surface area contributed by atoms with E-state index in [9.17, 15) is 4.79 Å². The molecule has 0 aromatic carbocycles. The lowest BCUT2D eigenvalue weighted by molar-refractivity contribution is 0.0499. The highest BCUT2D eigenvalue weighted by molar-refractivity contribution is 5.68. The van der Waals surface area contributed by atoms with Crippen LogP contribution in [0, 0.1) is 0 Å². The van der Waals surface area contributed by atoms with Crippen LogP contribution in [0.25, 0.3) is 0 Å². The second-order valence-corrected chi connectivity index (χ2v) is 5.71. The van der Waals surface area contributed by atoms with Crippen LogP contribution in [0.1, 0.15) is 58.7 Å². The fourth-order valence-corrected chi connectivity index (χ4v) is 1.68. The molecule has 3 N–H and O–H groups in total. The highest BCUT2D eigenvalue weighted by Crippen LogP contribution is 2.18. The van der Waals surface area contributed by atoms with E-state index in [1.807, 2.05) is 20.8 Å². The molecule has 0 aliphatic heterocycles. The molecule has 1 rings (SSSR count). The molecule has 6 heteroatoms. The molecule has 0 radical (unpaired) electrons. The second-order valence-electron chi connectivity index (χ2n) is 5.71. The number of nitrogens with one attached hydrogen (secondary N) is 1. The molecule has 112 valence electrons. The number of carbonyl (C=O) groups is 1. The van der Waals surface area contributed by atoms with Gasteiger partial charge in [-0.2, -0.15) is 0 Å². The molecule has 1 aromatic heterocycles. The zero-order valence-electron chi connectivity index (χ0n) is 12.6. The molecule has 6 nitrogen and oxygen atoms in total. The molecule has 1 aromatic rings. The first-order chi connectivity index (χ1) is 9.31. The molecule has 0 aliphatic rings. The number of hydrogen-bond donors (Lipinski definition) is 2. The van der Waals surface area contributed by atoms with Crippen molar-refractivity contribution in [3.05, 3.63) is 18.1 Å². The van der Waals surface area contributed by atoms with E-state index >= 15 is 0 Å². The van der Waals surface area contributed by atoms with E-state index in [1.54, 1.807) is 6.20 Å². The Bertz CT molecular complexity index is 426. The quantitative estimate of drug-likeness (QED) is 0.865. The molecule has 20 heavy (non-hydrogen) atoms. The Morgan fingerprint density at radius 3 is 2.60 bits per heavy atom. The van der Waals surface area contributed by atoms with Gasteiger partial charge in [-0.1, -0.05) is 19.8 Å². The van der Waals surface area contributed by atoms with E-state index in [2.05, 4.69) is 22.2 Å². The summed E-state index contributed by atoms with van der Waals surface area (Å²) < 4.78 is 5.27. The van der Waals surface area contributed by atoms with Gasteiger partial charge in [0.15, 0.2) is 0 Å². The monoisotopic (exact) mass is 280 g/mol. The van der Waals surface area contributed by atoms with E-state index in [1.165, 1.54) is 6.20 Å². The molecule has 0 aliphatic carbocycles. The molecule has 0 fully saturated rings. The van der Waals surface area contributed by atoms with Gasteiger partial charge in [-0.15, -0.1) is 0 Å². The van der Waals surface area contributed by atoms with Crippen LogP contribution in [0.2, 0.25) is 0 Å². The Hall–Kier alpha value is -1.85. The summed E-state index contributed by atoms with van der Waals surface area (Å²) in [6.45, 7) is 7.59. The summed E-state index contributed by atoms with van der Waals surface area (Å²) in [6, 6.07) is -0.210. The Morgan fingerprint density at radius 2 is 2.10 bits per heavy atom. The zero-order chi connectivity index (χ0) is 15.2. The molecule has 0 saturated heterocycles. The van der Waals surface area contributed by atoms with Gasteiger partial charge in [0.05, 0.1) is 24.1 Å². The number of rotatable bonds is 5. The van der Waals surface area contributed by atoms with Crippen LogP contribution in [0.5, 0.6) is 0 Å². The van der Waals surface area contributed by atoms with Crippen molar-refractivity contribution >= 4 is 11.9 Å². The lowest BCUT2D eigenvalue weighted by atomic mass is 10.1. The van der Waals surface area contributed by atoms with Crippen molar-refractivity contribution in [1.82, 2.24) is 15.3 Å². The summed E-state index contributed by atoms with van der Waals surface area (Å²) in [6.07, 6.45) is 5.44. The summed E-state index contributed by atoms with van der Waals surface area (Å²) in [5.41, 5.74) is 5.70. The number of unbranched alkanes of at least 4 members (excludes halogenated alkanes) is 1. The maximum Gasteiger partial charge on any atom is 0.408 e. The van der Waals surface area contributed by atoms with Crippen LogP contribution in [0.15, 0.2) is 12.4 Å². The highest BCUT2D eigenvalue weighted by atomic mass is 16.6. The fourth-order valence-electron chi connectivity index (χ4n) is 1.68. The van der Waals surface area contributed by atoms with Crippen LogP contribution in [0.3, 0.4) is 0 Å². The number of anilines is 1. The van der Waals surface area contributed by atoms with Gasteiger partial charge in [-0.05, 0) is 27.2 Å². The SMILES string of the molecule is CCCC[C@@H](NC(=O)OC(C)(C)C)c1cnc(N)cn1. The average Bonchev–Trinajstić information content (AvgIpc) is 2.33. The maximum atomic E-state index is 11.9. The summed E-state index contributed by atoms with van der Waals surface area (Å²) in [5, 5.41) is 2.84. The van der Waals surface area contributed by atoms with E-state index in [4.69, 9.17) is 10.5 Å². The number of ether oxygens (including phenoxy) is 1. The molecule has 1 atom stereocenters. The Balaban J connectivity index is 2.74. The van der Waals surface area contributed by atoms with Crippen molar-refractivity contribution in [2.24, 2.45) is 0 Å². The smallest absolute Gasteiger partial charge is 0.408 e. The van der Waals surface area contributed by atoms with E-state index in [0.29, 0.717) is 11.5 Å². The average molecular weight is 280 g/mol. The van der Waals surface area contributed by atoms with Crippen molar-refractivity contribution in [3.63, 3.8) is 0 Å². The summed E-state index contributed by atoms with van der Waals surface area (Å²) >= 11 is 0. The van der Waals surface area contributed by atoms with Gasteiger partial charge < -0.3 is 15.8 Å². The minimum absolute atomic E-state index is 0.210. The lowest BCUT2D eigenvalue weighted by Gasteiger charge is -2.23. The highest BCUT2D eigenvalue weighted by Gasteiger charge is 2.21. The standard InChI is InChI=1S/C14H24N4O2/c1-5-6-7-10(11-8-17-12(15)9-16-11)18-13(19)20-14(2,3)4/h8-10H,5-7H2,1-4H3,(H2,15,17)(H,18,19)/t10-/m1/s1. The lowest BCUT2D eigenvalue weighted by Crippen LogP contribution is -2.35. The predicted molar refractivity (Wildman–Crippen MR) is 78.1 cm³/mol. The minimum atomic E-state index is -0.522. The number of nitrogen functional groups attached to an aromatic ring is 1. The van der Waals surface area contributed by atoms with Gasteiger partial charge in [0.1, 0.15) is 11.4 Å². The number of nitrogens with zero attached hydrogens (tertiary/aromatic N) is 2. The van der Waals surface area contributed by atoms with Gasteiger partial charge in [0.2, 0.25) is 0 Å². The molecule has 0 unspecified atom stereocenters.